The molecule has 144 valence electrons. The summed E-state index contributed by atoms with van der Waals surface area (Å²) in [5.41, 5.74) is 2.36. The highest BCUT2D eigenvalue weighted by atomic mass is 16.5. The molecule has 2 aromatic carbocycles. The molecule has 0 unspecified atom stereocenters. The fourth-order valence-corrected chi connectivity index (χ4v) is 2.42. The van der Waals surface area contributed by atoms with Gasteiger partial charge in [0.15, 0.2) is 0 Å². The van der Waals surface area contributed by atoms with Crippen LogP contribution in [-0.4, -0.2) is 26.0 Å². The number of ether oxygens (including phenoxy) is 2. The van der Waals surface area contributed by atoms with Gasteiger partial charge in [0, 0.05) is 29.8 Å². The Labute approximate surface area is 159 Å². The molecule has 27 heavy (non-hydrogen) atoms. The predicted molar refractivity (Wildman–Crippen MR) is 106 cm³/mol. The quantitative estimate of drug-likeness (QED) is 0.739. The van der Waals surface area contributed by atoms with Crippen LogP contribution in [0.4, 0.5) is 11.4 Å². The Bertz CT molecular complexity index is 763. The zero-order valence-electron chi connectivity index (χ0n) is 16.2. The van der Waals surface area contributed by atoms with Gasteiger partial charge in [-0.3, -0.25) is 9.59 Å². The number of carbonyl (C=O) groups excluding carboxylic acids is 2. The van der Waals surface area contributed by atoms with Crippen LogP contribution in [0.3, 0.4) is 0 Å². The molecule has 2 amide bonds. The molecule has 6 heteroatoms. The Kier molecular flexibility index (Phi) is 7.23. The number of amides is 2. The number of aryl methyl sites for hydroxylation is 1. The third-order valence-corrected chi connectivity index (χ3v) is 4.01. The second-order valence-corrected chi connectivity index (χ2v) is 6.49. The molecule has 0 spiro atoms. The van der Waals surface area contributed by atoms with Crippen molar-refractivity contribution in [3.8, 4) is 11.5 Å². The first kappa shape index (κ1) is 20.3. The number of anilines is 2. The van der Waals surface area contributed by atoms with Crippen molar-refractivity contribution in [2.75, 3.05) is 24.9 Å². The van der Waals surface area contributed by atoms with Crippen LogP contribution in [-0.2, 0) is 16.0 Å². The molecule has 2 N–H and O–H groups in total. The van der Waals surface area contributed by atoms with E-state index < -0.39 is 0 Å². The van der Waals surface area contributed by atoms with Crippen molar-refractivity contribution in [3.05, 3.63) is 48.0 Å². The lowest BCUT2D eigenvalue weighted by Crippen LogP contribution is -2.17. The monoisotopic (exact) mass is 370 g/mol. The Morgan fingerprint density at radius 3 is 1.89 bits per heavy atom. The maximum absolute atomic E-state index is 12.2. The summed E-state index contributed by atoms with van der Waals surface area (Å²) in [5.74, 6) is 1.18. The summed E-state index contributed by atoms with van der Waals surface area (Å²) < 4.78 is 10.5. The standard InChI is InChI=1S/C21H26N2O4/c1-14(2)21(25)23-17-8-6-16(7-9-17)22-20(24)10-5-15-11-18(26-3)13-19(12-15)27-4/h6-9,11-14H,5,10H2,1-4H3,(H,22,24)(H,23,25). The summed E-state index contributed by atoms with van der Waals surface area (Å²) in [6, 6.07) is 12.6. The minimum Gasteiger partial charge on any atom is -0.497 e. The number of benzene rings is 2. The highest BCUT2D eigenvalue weighted by molar-refractivity contribution is 5.93. The number of hydrogen-bond acceptors (Lipinski definition) is 4. The topological polar surface area (TPSA) is 76.7 Å². The molecular weight excluding hydrogens is 344 g/mol. The molecule has 6 nitrogen and oxygen atoms in total. The number of carbonyl (C=O) groups is 2. The molecule has 0 atom stereocenters. The zero-order chi connectivity index (χ0) is 19.8. The summed E-state index contributed by atoms with van der Waals surface area (Å²) in [7, 11) is 3.19. The maximum Gasteiger partial charge on any atom is 0.226 e. The Balaban J connectivity index is 1.89. The van der Waals surface area contributed by atoms with Gasteiger partial charge in [-0.2, -0.15) is 0 Å². The van der Waals surface area contributed by atoms with Gasteiger partial charge in [0.05, 0.1) is 14.2 Å². The van der Waals surface area contributed by atoms with Gasteiger partial charge >= 0.3 is 0 Å². The summed E-state index contributed by atoms with van der Waals surface area (Å²) in [6.45, 7) is 3.67. The van der Waals surface area contributed by atoms with E-state index in [1.807, 2.05) is 26.0 Å². The van der Waals surface area contributed by atoms with Gasteiger partial charge in [-0.15, -0.1) is 0 Å². The van der Waals surface area contributed by atoms with Crippen LogP contribution in [0.1, 0.15) is 25.8 Å². The lowest BCUT2D eigenvalue weighted by molar-refractivity contribution is -0.119. The van der Waals surface area contributed by atoms with Crippen molar-refractivity contribution in [3.63, 3.8) is 0 Å². The first-order valence-electron chi connectivity index (χ1n) is 8.84. The van der Waals surface area contributed by atoms with Gasteiger partial charge in [-0.1, -0.05) is 13.8 Å². The van der Waals surface area contributed by atoms with E-state index in [4.69, 9.17) is 9.47 Å². The third kappa shape index (κ3) is 6.33. The van der Waals surface area contributed by atoms with Crippen LogP contribution >= 0.6 is 0 Å². The van der Waals surface area contributed by atoms with E-state index in [2.05, 4.69) is 10.6 Å². The molecule has 0 aliphatic carbocycles. The molecule has 2 aromatic rings. The summed E-state index contributed by atoms with van der Waals surface area (Å²) in [5, 5.41) is 5.67. The number of methoxy groups -OCH3 is 2. The van der Waals surface area contributed by atoms with E-state index in [0.29, 0.717) is 35.7 Å². The lowest BCUT2D eigenvalue weighted by atomic mass is 10.1. The van der Waals surface area contributed by atoms with Crippen molar-refractivity contribution in [1.82, 2.24) is 0 Å². The minimum absolute atomic E-state index is 0.0412. The predicted octanol–water partition coefficient (Wildman–Crippen LogP) is 3.87. The first-order chi connectivity index (χ1) is 12.9. The van der Waals surface area contributed by atoms with Crippen LogP contribution in [0, 0.1) is 5.92 Å². The van der Waals surface area contributed by atoms with Crippen LogP contribution in [0.2, 0.25) is 0 Å². The number of hydrogen-bond donors (Lipinski definition) is 2. The fourth-order valence-electron chi connectivity index (χ4n) is 2.42. The SMILES string of the molecule is COc1cc(CCC(=O)Nc2ccc(NC(=O)C(C)C)cc2)cc(OC)c1. The minimum atomic E-state index is -0.0873. The van der Waals surface area contributed by atoms with Gasteiger partial charge in [-0.05, 0) is 48.4 Å². The van der Waals surface area contributed by atoms with Gasteiger partial charge in [0.25, 0.3) is 0 Å². The van der Waals surface area contributed by atoms with Crippen LogP contribution in [0.25, 0.3) is 0 Å². The first-order valence-corrected chi connectivity index (χ1v) is 8.84. The molecule has 0 heterocycles. The molecular formula is C21H26N2O4. The average Bonchev–Trinajstić information content (AvgIpc) is 2.67. The van der Waals surface area contributed by atoms with E-state index in [1.165, 1.54) is 0 Å². The van der Waals surface area contributed by atoms with Crippen LogP contribution in [0.15, 0.2) is 42.5 Å². The normalized spacial score (nSPS) is 10.4. The van der Waals surface area contributed by atoms with Gasteiger partial charge in [0.1, 0.15) is 11.5 Å². The lowest BCUT2D eigenvalue weighted by Gasteiger charge is -2.10. The van der Waals surface area contributed by atoms with Crippen molar-refractivity contribution >= 4 is 23.2 Å². The Morgan fingerprint density at radius 1 is 0.889 bits per heavy atom. The Morgan fingerprint density at radius 2 is 1.41 bits per heavy atom. The summed E-state index contributed by atoms with van der Waals surface area (Å²) in [4.78, 5) is 23.9. The van der Waals surface area contributed by atoms with Crippen molar-refractivity contribution in [2.24, 2.45) is 5.92 Å². The Hall–Kier alpha value is -3.02. The van der Waals surface area contributed by atoms with E-state index >= 15 is 0 Å². The second-order valence-electron chi connectivity index (χ2n) is 6.49. The van der Waals surface area contributed by atoms with Gasteiger partial charge in [0.2, 0.25) is 11.8 Å². The van der Waals surface area contributed by atoms with E-state index in [-0.39, 0.29) is 17.7 Å². The van der Waals surface area contributed by atoms with E-state index in [9.17, 15) is 9.59 Å². The van der Waals surface area contributed by atoms with Crippen molar-refractivity contribution < 1.29 is 19.1 Å². The second kappa shape index (κ2) is 9.62. The maximum atomic E-state index is 12.2. The van der Waals surface area contributed by atoms with E-state index in [0.717, 1.165) is 5.56 Å². The highest BCUT2D eigenvalue weighted by Crippen LogP contribution is 2.23. The van der Waals surface area contributed by atoms with Gasteiger partial charge in [-0.25, -0.2) is 0 Å². The number of rotatable bonds is 8. The van der Waals surface area contributed by atoms with Crippen molar-refractivity contribution in [1.29, 1.82) is 0 Å². The average molecular weight is 370 g/mol. The van der Waals surface area contributed by atoms with Crippen molar-refractivity contribution in [2.45, 2.75) is 26.7 Å². The molecule has 0 saturated carbocycles. The largest absolute Gasteiger partial charge is 0.497 e. The molecule has 2 rings (SSSR count). The smallest absolute Gasteiger partial charge is 0.226 e. The molecule has 0 aliphatic rings. The van der Waals surface area contributed by atoms with Crippen LogP contribution < -0.4 is 20.1 Å². The summed E-state index contributed by atoms with van der Waals surface area (Å²) in [6.07, 6.45) is 0.907. The highest BCUT2D eigenvalue weighted by Gasteiger charge is 2.08. The third-order valence-electron chi connectivity index (χ3n) is 4.01. The van der Waals surface area contributed by atoms with E-state index in [1.54, 1.807) is 44.6 Å². The zero-order valence-corrected chi connectivity index (χ0v) is 16.2. The number of nitrogens with one attached hydrogen (secondary N) is 2. The van der Waals surface area contributed by atoms with Gasteiger partial charge < -0.3 is 20.1 Å². The fraction of sp³-hybridized carbons (Fsp3) is 0.333. The van der Waals surface area contributed by atoms with Crippen LogP contribution in [0.5, 0.6) is 11.5 Å². The molecule has 0 radical (unpaired) electrons. The molecule has 0 fully saturated rings. The molecule has 0 aliphatic heterocycles. The molecule has 0 saturated heterocycles. The summed E-state index contributed by atoms with van der Waals surface area (Å²) >= 11 is 0. The molecule has 0 bridgehead atoms. The molecule has 0 aromatic heterocycles.